The van der Waals surface area contributed by atoms with Crippen LogP contribution in [0.4, 0.5) is 0 Å². The van der Waals surface area contributed by atoms with Crippen LogP contribution in [0.2, 0.25) is 0 Å². The molecule has 0 radical (unpaired) electrons. The van der Waals surface area contributed by atoms with Gasteiger partial charge in [-0.1, -0.05) is 6.92 Å². The van der Waals surface area contributed by atoms with E-state index in [1.807, 2.05) is 7.05 Å². The van der Waals surface area contributed by atoms with Crippen molar-refractivity contribution >= 4 is 5.91 Å². The van der Waals surface area contributed by atoms with E-state index in [-0.39, 0.29) is 11.9 Å². The second-order valence-corrected chi connectivity index (χ2v) is 2.29. The maximum atomic E-state index is 10.7. The predicted octanol–water partition coefficient (Wildman–Crippen LogP) is -0.517. The Morgan fingerprint density at radius 2 is 2.44 bits per heavy atom. The minimum atomic E-state index is 0.0648. The van der Waals surface area contributed by atoms with E-state index in [0.717, 1.165) is 6.42 Å². The molecule has 1 heterocycles. The fourth-order valence-electron chi connectivity index (χ4n) is 1.11. The van der Waals surface area contributed by atoms with Crippen LogP contribution in [0.15, 0.2) is 0 Å². The van der Waals surface area contributed by atoms with E-state index >= 15 is 0 Å². The predicted molar refractivity (Wildman–Crippen MR) is 35.1 cm³/mol. The van der Waals surface area contributed by atoms with E-state index < -0.39 is 0 Å². The molecule has 1 aliphatic heterocycles. The molecule has 0 aliphatic carbocycles. The normalized spacial score (nSPS) is 33.3. The molecule has 0 saturated carbocycles. The molecular formula is C6H12N2O. The van der Waals surface area contributed by atoms with Gasteiger partial charge in [0, 0.05) is 0 Å². The molecule has 0 aromatic heterocycles. The van der Waals surface area contributed by atoms with Crippen molar-refractivity contribution in [2.75, 3.05) is 7.05 Å². The third kappa shape index (κ3) is 0.920. The number of nitrogens with one attached hydrogen (secondary N) is 2. The molecule has 3 nitrogen and oxygen atoms in total. The molecule has 2 atom stereocenters. The molecule has 2 unspecified atom stereocenters. The molecule has 1 saturated heterocycles. The Bertz CT molecular complexity index is 124. The average Bonchev–Trinajstić information content (AvgIpc) is 1.83. The number of hydrogen-bond donors (Lipinski definition) is 2. The van der Waals surface area contributed by atoms with Gasteiger partial charge in [-0.25, -0.2) is 0 Å². The van der Waals surface area contributed by atoms with Gasteiger partial charge in [0.15, 0.2) is 0 Å². The average molecular weight is 128 g/mol. The van der Waals surface area contributed by atoms with Gasteiger partial charge in [0.05, 0.1) is 6.04 Å². The Morgan fingerprint density at radius 3 is 2.67 bits per heavy atom. The van der Waals surface area contributed by atoms with Gasteiger partial charge in [-0.2, -0.15) is 0 Å². The minimum Gasteiger partial charge on any atom is -0.350 e. The molecule has 0 aromatic rings. The first-order chi connectivity index (χ1) is 4.29. The lowest BCUT2D eigenvalue weighted by molar-refractivity contribution is -0.131. The summed E-state index contributed by atoms with van der Waals surface area (Å²) in [5, 5.41) is 5.73. The maximum Gasteiger partial charge on any atom is 0.239 e. The molecule has 1 rings (SSSR count). The lowest BCUT2D eigenvalue weighted by Gasteiger charge is -2.35. The first kappa shape index (κ1) is 6.55. The largest absolute Gasteiger partial charge is 0.350 e. The summed E-state index contributed by atoms with van der Waals surface area (Å²) >= 11 is 0. The van der Waals surface area contributed by atoms with Crippen LogP contribution in [-0.4, -0.2) is 25.0 Å². The van der Waals surface area contributed by atoms with E-state index in [1.54, 1.807) is 0 Å². The summed E-state index contributed by atoms with van der Waals surface area (Å²) in [6, 6.07) is 0.428. The van der Waals surface area contributed by atoms with Crippen LogP contribution in [0.1, 0.15) is 13.3 Å². The van der Waals surface area contributed by atoms with Crippen molar-refractivity contribution in [3.8, 4) is 0 Å². The zero-order valence-corrected chi connectivity index (χ0v) is 5.77. The molecular weight excluding hydrogens is 116 g/mol. The Labute approximate surface area is 54.8 Å². The molecule has 52 valence electrons. The fourth-order valence-corrected chi connectivity index (χ4v) is 1.11. The summed E-state index contributed by atoms with van der Waals surface area (Å²) in [6.07, 6.45) is 1.01. The summed E-state index contributed by atoms with van der Waals surface area (Å²) in [4.78, 5) is 10.7. The van der Waals surface area contributed by atoms with Crippen LogP contribution in [-0.2, 0) is 4.79 Å². The monoisotopic (exact) mass is 128 g/mol. The fraction of sp³-hybridized carbons (Fsp3) is 0.833. The summed E-state index contributed by atoms with van der Waals surface area (Å²) in [5.74, 6) is 0.129. The van der Waals surface area contributed by atoms with Crippen molar-refractivity contribution in [1.29, 1.82) is 0 Å². The van der Waals surface area contributed by atoms with Gasteiger partial charge in [0.2, 0.25) is 5.91 Å². The van der Waals surface area contributed by atoms with E-state index in [1.165, 1.54) is 0 Å². The Morgan fingerprint density at radius 1 is 1.78 bits per heavy atom. The molecule has 9 heavy (non-hydrogen) atoms. The molecule has 1 amide bonds. The van der Waals surface area contributed by atoms with E-state index in [4.69, 9.17) is 0 Å². The van der Waals surface area contributed by atoms with Crippen molar-refractivity contribution < 1.29 is 4.79 Å². The zero-order chi connectivity index (χ0) is 6.85. The van der Waals surface area contributed by atoms with E-state index in [0.29, 0.717) is 6.04 Å². The van der Waals surface area contributed by atoms with Gasteiger partial charge in [-0.05, 0) is 13.5 Å². The van der Waals surface area contributed by atoms with Gasteiger partial charge in [0.1, 0.15) is 6.04 Å². The van der Waals surface area contributed by atoms with Crippen molar-refractivity contribution in [2.24, 2.45) is 0 Å². The summed E-state index contributed by atoms with van der Waals surface area (Å²) in [7, 11) is 1.81. The lowest BCUT2D eigenvalue weighted by atomic mass is 9.97. The van der Waals surface area contributed by atoms with Gasteiger partial charge in [-0.3, -0.25) is 4.79 Å². The highest BCUT2D eigenvalue weighted by Crippen LogP contribution is 2.07. The first-order valence-corrected chi connectivity index (χ1v) is 3.27. The van der Waals surface area contributed by atoms with Crippen molar-refractivity contribution in [3.63, 3.8) is 0 Å². The smallest absolute Gasteiger partial charge is 0.239 e. The molecule has 3 heteroatoms. The van der Waals surface area contributed by atoms with Crippen LogP contribution in [0.3, 0.4) is 0 Å². The molecule has 0 bridgehead atoms. The number of β-lactam (4-membered cyclic amide) rings is 1. The maximum absolute atomic E-state index is 10.7. The van der Waals surface area contributed by atoms with Crippen LogP contribution in [0, 0.1) is 0 Å². The zero-order valence-electron chi connectivity index (χ0n) is 5.77. The van der Waals surface area contributed by atoms with Gasteiger partial charge < -0.3 is 10.6 Å². The number of amides is 1. The molecule has 0 spiro atoms. The Kier molecular flexibility index (Phi) is 1.71. The third-order valence-corrected chi connectivity index (χ3v) is 1.76. The number of carbonyl (C=O) groups excluding carboxylic acids is 1. The van der Waals surface area contributed by atoms with Crippen molar-refractivity contribution in [1.82, 2.24) is 10.6 Å². The SMILES string of the molecule is CCC1NC(=O)C1NC. The van der Waals surface area contributed by atoms with Gasteiger partial charge >= 0.3 is 0 Å². The number of likely N-dealkylation sites (N-methyl/N-ethyl adjacent to an activating group) is 1. The van der Waals surface area contributed by atoms with Crippen molar-refractivity contribution in [2.45, 2.75) is 25.4 Å². The first-order valence-electron chi connectivity index (χ1n) is 3.27. The number of hydrogen-bond acceptors (Lipinski definition) is 2. The van der Waals surface area contributed by atoms with Gasteiger partial charge in [-0.15, -0.1) is 0 Å². The molecule has 1 aliphatic rings. The van der Waals surface area contributed by atoms with E-state index in [2.05, 4.69) is 17.6 Å². The number of carbonyl (C=O) groups is 1. The third-order valence-electron chi connectivity index (χ3n) is 1.76. The topological polar surface area (TPSA) is 41.1 Å². The molecule has 1 fully saturated rings. The molecule has 0 aromatic carbocycles. The second kappa shape index (κ2) is 2.35. The highest BCUT2D eigenvalue weighted by atomic mass is 16.2. The molecule has 2 N–H and O–H groups in total. The summed E-state index contributed by atoms with van der Waals surface area (Å²) in [5.41, 5.74) is 0. The minimum absolute atomic E-state index is 0.0648. The van der Waals surface area contributed by atoms with Crippen LogP contribution in [0.25, 0.3) is 0 Å². The highest BCUT2D eigenvalue weighted by molar-refractivity contribution is 5.89. The Balaban J connectivity index is 2.38. The van der Waals surface area contributed by atoms with E-state index in [9.17, 15) is 4.79 Å². The number of rotatable bonds is 2. The van der Waals surface area contributed by atoms with Crippen molar-refractivity contribution in [3.05, 3.63) is 0 Å². The lowest BCUT2D eigenvalue weighted by Crippen LogP contribution is -2.67. The van der Waals surface area contributed by atoms with Gasteiger partial charge in [0.25, 0.3) is 0 Å². The Hall–Kier alpha value is -0.570. The second-order valence-electron chi connectivity index (χ2n) is 2.29. The van der Waals surface area contributed by atoms with Crippen LogP contribution >= 0.6 is 0 Å². The quantitative estimate of drug-likeness (QED) is 0.491. The highest BCUT2D eigenvalue weighted by Gasteiger charge is 2.35. The van der Waals surface area contributed by atoms with Crippen LogP contribution < -0.4 is 10.6 Å². The standard InChI is InChI=1S/C6H12N2O/c1-3-4-5(7-2)6(9)8-4/h4-5,7H,3H2,1-2H3,(H,8,9). The summed E-state index contributed by atoms with van der Waals surface area (Å²) < 4.78 is 0. The summed E-state index contributed by atoms with van der Waals surface area (Å²) in [6.45, 7) is 2.06. The van der Waals surface area contributed by atoms with Crippen LogP contribution in [0.5, 0.6) is 0 Å².